The summed E-state index contributed by atoms with van der Waals surface area (Å²) in [6, 6.07) is 3.90. The summed E-state index contributed by atoms with van der Waals surface area (Å²) in [4.78, 5) is 11.5. The minimum atomic E-state index is -0.263. The van der Waals surface area contributed by atoms with Crippen molar-refractivity contribution in [1.29, 1.82) is 0 Å². The lowest BCUT2D eigenvalue weighted by molar-refractivity contribution is -0.136. The van der Waals surface area contributed by atoms with Crippen LogP contribution in [0.25, 0.3) is 0 Å². The van der Waals surface area contributed by atoms with E-state index >= 15 is 0 Å². The smallest absolute Gasteiger partial charge is 0.333 e. The number of anilines is 1. The Morgan fingerprint density at radius 1 is 1.27 bits per heavy atom. The van der Waals surface area contributed by atoms with Crippen LogP contribution in [-0.4, -0.2) is 19.7 Å². The third-order valence-electron chi connectivity index (χ3n) is 4.13. The van der Waals surface area contributed by atoms with Crippen molar-refractivity contribution in [3.8, 4) is 5.75 Å². The van der Waals surface area contributed by atoms with Gasteiger partial charge in [-0.15, -0.1) is 0 Å². The standard InChI is InChI=1S/C18H23NO3/c1-11-8-16(19)17(9-12(11)2)22-10-15-6-5-14(7-13(15)3)18(20)21-4/h5-6,8-9,13H,7,10,19H2,1-4H3. The zero-order chi connectivity index (χ0) is 16.3. The summed E-state index contributed by atoms with van der Waals surface area (Å²) < 4.78 is 10.6. The van der Waals surface area contributed by atoms with Crippen molar-refractivity contribution in [2.45, 2.75) is 27.2 Å². The molecule has 0 aliphatic heterocycles. The second-order valence-electron chi connectivity index (χ2n) is 5.79. The molecule has 0 saturated heterocycles. The molecule has 1 aliphatic rings. The van der Waals surface area contributed by atoms with Crippen molar-refractivity contribution >= 4 is 11.7 Å². The molecule has 0 spiro atoms. The molecular weight excluding hydrogens is 278 g/mol. The predicted octanol–water partition coefficient (Wildman–Crippen LogP) is 3.33. The highest BCUT2D eigenvalue weighted by atomic mass is 16.5. The molecule has 0 bridgehead atoms. The number of nitrogens with two attached hydrogens (primary N) is 1. The predicted molar refractivity (Wildman–Crippen MR) is 87.8 cm³/mol. The monoisotopic (exact) mass is 301 g/mol. The quantitative estimate of drug-likeness (QED) is 0.684. The topological polar surface area (TPSA) is 61.5 Å². The third kappa shape index (κ3) is 3.50. The first-order valence-corrected chi connectivity index (χ1v) is 7.39. The fourth-order valence-electron chi connectivity index (χ4n) is 2.47. The number of methoxy groups -OCH3 is 1. The molecule has 2 N–H and O–H groups in total. The largest absolute Gasteiger partial charge is 0.487 e. The molecule has 0 aromatic heterocycles. The van der Waals surface area contributed by atoms with Gasteiger partial charge in [-0.3, -0.25) is 0 Å². The Hall–Kier alpha value is -2.23. The summed E-state index contributed by atoms with van der Waals surface area (Å²) in [5.41, 5.74) is 10.8. The third-order valence-corrected chi connectivity index (χ3v) is 4.13. The van der Waals surface area contributed by atoms with E-state index in [4.69, 9.17) is 15.2 Å². The Kier molecular flexibility index (Phi) is 4.91. The second-order valence-corrected chi connectivity index (χ2v) is 5.79. The molecule has 0 amide bonds. The molecular formula is C18H23NO3. The van der Waals surface area contributed by atoms with E-state index in [0.29, 0.717) is 30.0 Å². The van der Waals surface area contributed by atoms with Crippen molar-refractivity contribution in [2.75, 3.05) is 19.5 Å². The van der Waals surface area contributed by atoms with E-state index in [1.54, 1.807) is 0 Å². The molecule has 0 fully saturated rings. The molecule has 22 heavy (non-hydrogen) atoms. The maximum Gasteiger partial charge on any atom is 0.333 e. The molecule has 0 heterocycles. The first-order valence-electron chi connectivity index (χ1n) is 7.39. The van der Waals surface area contributed by atoms with E-state index in [-0.39, 0.29) is 11.9 Å². The summed E-state index contributed by atoms with van der Waals surface area (Å²) in [7, 11) is 1.40. The van der Waals surface area contributed by atoms with Gasteiger partial charge in [0.15, 0.2) is 0 Å². The van der Waals surface area contributed by atoms with Crippen LogP contribution in [0.5, 0.6) is 5.75 Å². The van der Waals surface area contributed by atoms with Gasteiger partial charge in [0.2, 0.25) is 0 Å². The maximum absolute atomic E-state index is 11.5. The van der Waals surface area contributed by atoms with Gasteiger partial charge >= 0.3 is 5.97 Å². The molecule has 118 valence electrons. The van der Waals surface area contributed by atoms with E-state index in [1.807, 2.05) is 38.1 Å². The lowest BCUT2D eigenvalue weighted by atomic mass is 9.89. The van der Waals surface area contributed by atoms with Crippen molar-refractivity contribution in [3.05, 3.63) is 46.6 Å². The first-order chi connectivity index (χ1) is 10.4. The van der Waals surface area contributed by atoms with Crippen molar-refractivity contribution in [1.82, 2.24) is 0 Å². The summed E-state index contributed by atoms with van der Waals surface area (Å²) in [6.45, 7) is 6.61. The van der Waals surface area contributed by atoms with Gasteiger partial charge < -0.3 is 15.2 Å². The first kappa shape index (κ1) is 16.1. The van der Waals surface area contributed by atoms with Crippen LogP contribution >= 0.6 is 0 Å². The van der Waals surface area contributed by atoms with Crippen LogP contribution in [0.1, 0.15) is 24.5 Å². The fraction of sp³-hybridized carbons (Fsp3) is 0.389. The molecule has 1 aromatic rings. The van der Waals surface area contributed by atoms with Crippen LogP contribution < -0.4 is 10.5 Å². The van der Waals surface area contributed by atoms with Gasteiger partial charge in [0.05, 0.1) is 12.8 Å². The lowest BCUT2D eigenvalue weighted by Gasteiger charge is -2.21. The number of hydrogen-bond acceptors (Lipinski definition) is 4. The summed E-state index contributed by atoms with van der Waals surface area (Å²) in [5.74, 6) is 0.687. The Bertz CT molecular complexity index is 644. The highest BCUT2D eigenvalue weighted by molar-refractivity contribution is 5.89. The highest BCUT2D eigenvalue weighted by Crippen LogP contribution is 2.29. The molecule has 1 atom stereocenters. The Morgan fingerprint density at radius 3 is 2.59 bits per heavy atom. The van der Waals surface area contributed by atoms with Gasteiger partial charge in [0.1, 0.15) is 12.4 Å². The van der Waals surface area contributed by atoms with Gasteiger partial charge in [0.25, 0.3) is 0 Å². The number of rotatable bonds is 4. The Labute approximate surface area is 131 Å². The normalized spacial score (nSPS) is 17.5. The van der Waals surface area contributed by atoms with Gasteiger partial charge in [-0.2, -0.15) is 0 Å². The number of ether oxygens (including phenoxy) is 2. The van der Waals surface area contributed by atoms with Crippen LogP contribution in [0.4, 0.5) is 5.69 Å². The zero-order valence-corrected chi connectivity index (χ0v) is 13.6. The van der Waals surface area contributed by atoms with Crippen LogP contribution in [0.3, 0.4) is 0 Å². The number of esters is 1. The van der Waals surface area contributed by atoms with Crippen molar-refractivity contribution < 1.29 is 14.3 Å². The molecule has 1 aliphatic carbocycles. The van der Waals surface area contributed by atoms with Gasteiger partial charge in [-0.25, -0.2) is 4.79 Å². The Morgan fingerprint density at radius 2 is 1.95 bits per heavy atom. The molecule has 4 heteroatoms. The number of hydrogen-bond donors (Lipinski definition) is 1. The lowest BCUT2D eigenvalue weighted by Crippen LogP contribution is -2.17. The minimum absolute atomic E-state index is 0.242. The number of allylic oxidation sites excluding steroid dienone is 2. The number of nitrogen functional groups attached to an aromatic ring is 1. The SMILES string of the molecule is COC(=O)C1=CC=C(COc2cc(C)c(C)cc2N)C(C)C1. The van der Waals surface area contributed by atoms with Crippen LogP contribution in [0, 0.1) is 19.8 Å². The average Bonchev–Trinajstić information content (AvgIpc) is 2.49. The molecule has 2 rings (SSSR count). The molecule has 1 aromatic carbocycles. The van der Waals surface area contributed by atoms with Crippen LogP contribution in [0.2, 0.25) is 0 Å². The summed E-state index contributed by atoms with van der Waals surface area (Å²) in [5, 5.41) is 0. The van der Waals surface area contributed by atoms with Crippen molar-refractivity contribution in [3.63, 3.8) is 0 Å². The van der Waals surface area contributed by atoms with E-state index in [2.05, 4.69) is 6.92 Å². The minimum Gasteiger partial charge on any atom is -0.487 e. The maximum atomic E-state index is 11.5. The molecule has 0 saturated carbocycles. The number of carbonyl (C=O) groups is 1. The molecule has 0 radical (unpaired) electrons. The Balaban J connectivity index is 2.09. The van der Waals surface area contributed by atoms with Crippen LogP contribution in [-0.2, 0) is 9.53 Å². The summed E-state index contributed by atoms with van der Waals surface area (Å²) in [6.07, 6.45) is 4.43. The summed E-state index contributed by atoms with van der Waals surface area (Å²) >= 11 is 0. The number of benzene rings is 1. The molecule has 4 nitrogen and oxygen atoms in total. The van der Waals surface area contributed by atoms with Gasteiger partial charge in [0, 0.05) is 5.57 Å². The van der Waals surface area contributed by atoms with Crippen molar-refractivity contribution in [2.24, 2.45) is 5.92 Å². The number of aryl methyl sites for hydroxylation is 2. The van der Waals surface area contributed by atoms with E-state index in [9.17, 15) is 4.79 Å². The van der Waals surface area contributed by atoms with E-state index in [1.165, 1.54) is 7.11 Å². The van der Waals surface area contributed by atoms with Gasteiger partial charge in [-0.1, -0.05) is 19.1 Å². The van der Waals surface area contributed by atoms with Crippen LogP contribution in [0.15, 0.2) is 35.4 Å². The second kappa shape index (κ2) is 6.69. The fourth-order valence-corrected chi connectivity index (χ4v) is 2.47. The highest BCUT2D eigenvalue weighted by Gasteiger charge is 2.20. The molecule has 1 unspecified atom stereocenters. The van der Waals surface area contributed by atoms with E-state index < -0.39 is 0 Å². The van der Waals surface area contributed by atoms with Gasteiger partial charge in [-0.05, 0) is 55.0 Å². The average molecular weight is 301 g/mol. The zero-order valence-electron chi connectivity index (χ0n) is 13.6. The van der Waals surface area contributed by atoms with E-state index in [0.717, 1.165) is 16.7 Å². The number of carbonyl (C=O) groups excluding carboxylic acids is 1.